The number of nitrogens with one attached hydrogen (secondary N) is 1. The van der Waals surface area contributed by atoms with Crippen molar-refractivity contribution in [2.45, 2.75) is 25.1 Å². The summed E-state index contributed by atoms with van der Waals surface area (Å²) in [6.45, 7) is 4.28. The molecule has 0 aliphatic carbocycles. The van der Waals surface area contributed by atoms with Gasteiger partial charge in [-0.1, -0.05) is 29.8 Å². The molecule has 0 aliphatic heterocycles. The molecule has 0 saturated heterocycles. The van der Waals surface area contributed by atoms with Gasteiger partial charge in [0.1, 0.15) is 11.4 Å². The summed E-state index contributed by atoms with van der Waals surface area (Å²) in [6, 6.07) is 0. The Balaban J connectivity index is 2.50. The molecular weight excluding hydrogens is 268 g/mol. The molecule has 0 fully saturated rings. The molecule has 0 spiro atoms. The van der Waals surface area contributed by atoms with E-state index >= 15 is 0 Å². The zero-order valence-electron chi connectivity index (χ0n) is 9.24. The van der Waals surface area contributed by atoms with Gasteiger partial charge in [-0.3, -0.25) is 15.1 Å². The number of hydrogen-bond acceptors (Lipinski definition) is 3. The number of rotatable bonds is 3. The van der Waals surface area contributed by atoms with Gasteiger partial charge >= 0.3 is 0 Å². The lowest BCUT2D eigenvalue weighted by molar-refractivity contribution is 0.803. The van der Waals surface area contributed by atoms with Gasteiger partial charge in [0.15, 0.2) is 0 Å². The van der Waals surface area contributed by atoms with Crippen molar-refractivity contribution in [3.05, 3.63) is 29.8 Å². The van der Waals surface area contributed by atoms with Crippen LogP contribution in [0.2, 0.25) is 0 Å². The second kappa shape index (κ2) is 4.74. The maximum absolute atomic E-state index is 4.32. The lowest BCUT2D eigenvalue weighted by atomic mass is 10.0. The zero-order chi connectivity index (χ0) is 11.5. The van der Waals surface area contributed by atoms with Crippen LogP contribution in [0.3, 0.4) is 0 Å². The third-order valence-electron chi connectivity index (χ3n) is 2.42. The van der Waals surface area contributed by atoms with Crippen LogP contribution in [0.4, 0.5) is 0 Å². The molecule has 2 heterocycles. The van der Waals surface area contributed by atoms with Crippen LogP contribution < -0.4 is 0 Å². The van der Waals surface area contributed by atoms with Crippen LogP contribution in [-0.4, -0.2) is 20.2 Å². The Morgan fingerprint density at radius 2 is 2.19 bits per heavy atom. The predicted octanol–water partition coefficient (Wildman–Crippen LogP) is 2.89. The molecule has 0 unspecified atom stereocenters. The molecule has 16 heavy (non-hydrogen) atoms. The van der Waals surface area contributed by atoms with Crippen molar-refractivity contribution >= 4 is 15.9 Å². The Hall–Kier alpha value is -1.23. The van der Waals surface area contributed by atoms with E-state index in [0.29, 0.717) is 5.92 Å². The van der Waals surface area contributed by atoms with Gasteiger partial charge in [0.05, 0.1) is 6.20 Å². The van der Waals surface area contributed by atoms with Crippen LogP contribution >= 0.6 is 15.9 Å². The minimum Gasteiger partial charge on any atom is -0.281 e. The molecule has 0 aliphatic rings. The van der Waals surface area contributed by atoms with Crippen LogP contribution in [0.5, 0.6) is 0 Å². The number of halogens is 1. The lowest BCUT2D eigenvalue weighted by Gasteiger charge is -2.04. The number of alkyl halides is 1. The average Bonchev–Trinajstić information content (AvgIpc) is 2.73. The highest BCUT2D eigenvalue weighted by Crippen LogP contribution is 2.27. The van der Waals surface area contributed by atoms with Gasteiger partial charge in [-0.15, -0.1) is 0 Å². The van der Waals surface area contributed by atoms with E-state index in [-0.39, 0.29) is 0 Å². The summed E-state index contributed by atoms with van der Waals surface area (Å²) in [6.07, 6.45) is 5.07. The molecule has 2 rings (SSSR count). The van der Waals surface area contributed by atoms with Gasteiger partial charge in [-0.2, -0.15) is 5.10 Å². The molecule has 0 amide bonds. The summed E-state index contributed by atoms with van der Waals surface area (Å²) in [5.74, 6) is 0.422. The Kier molecular flexibility index (Phi) is 3.33. The van der Waals surface area contributed by atoms with Crippen molar-refractivity contribution in [1.29, 1.82) is 0 Å². The van der Waals surface area contributed by atoms with Gasteiger partial charge in [-0.25, -0.2) is 0 Å². The number of hydrogen-bond donors (Lipinski definition) is 1. The first kappa shape index (κ1) is 11.3. The molecule has 5 heteroatoms. The van der Waals surface area contributed by atoms with Gasteiger partial charge in [0, 0.05) is 29.0 Å². The van der Waals surface area contributed by atoms with Crippen LogP contribution in [0.15, 0.2) is 18.6 Å². The molecule has 1 N–H and O–H groups in total. The number of aromatic nitrogens is 4. The molecular formula is C11H13BrN4. The molecule has 0 bridgehead atoms. The molecule has 84 valence electrons. The third kappa shape index (κ3) is 2.00. The van der Waals surface area contributed by atoms with E-state index in [0.717, 1.165) is 28.0 Å². The van der Waals surface area contributed by atoms with Crippen molar-refractivity contribution in [2.24, 2.45) is 0 Å². The van der Waals surface area contributed by atoms with E-state index in [1.165, 1.54) is 0 Å². The largest absolute Gasteiger partial charge is 0.281 e. The fourth-order valence-corrected chi connectivity index (χ4v) is 2.19. The Morgan fingerprint density at radius 1 is 1.38 bits per heavy atom. The van der Waals surface area contributed by atoms with Gasteiger partial charge in [0.25, 0.3) is 0 Å². The van der Waals surface area contributed by atoms with Gasteiger partial charge in [-0.05, 0) is 5.92 Å². The standard InChI is InChI=1S/C11H13BrN4/c1-7(2)10-8(5-12)11(16-15-10)9-6-13-3-4-14-9/h3-4,6-7H,5H2,1-2H3,(H,15,16). The summed E-state index contributed by atoms with van der Waals surface area (Å²) in [5.41, 5.74) is 4.00. The number of nitrogens with zero attached hydrogens (tertiary/aromatic N) is 3. The fourth-order valence-electron chi connectivity index (χ4n) is 1.62. The van der Waals surface area contributed by atoms with E-state index in [9.17, 15) is 0 Å². The molecule has 2 aromatic heterocycles. The highest BCUT2D eigenvalue weighted by atomic mass is 79.9. The minimum atomic E-state index is 0.422. The molecule has 4 nitrogen and oxygen atoms in total. The summed E-state index contributed by atoms with van der Waals surface area (Å²) in [7, 11) is 0. The van der Waals surface area contributed by atoms with Crippen molar-refractivity contribution in [2.75, 3.05) is 0 Å². The van der Waals surface area contributed by atoms with Crippen molar-refractivity contribution < 1.29 is 0 Å². The second-order valence-corrected chi connectivity index (χ2v) is 4.40. The second-order valence-electron chi connectivity index (χ2n) is 3.84. The summed E-state index contributed by atoms with van der Waals surface area (Å²) < 4.78 is 0. The maximum Gasteiger partial charge on any atom is 0.116 e. The average molecular weight is 281 g/mol. The third-order valence-corrected chi connectivity index (χ3v) is 2.98. The van der Waals surface area contributed by atoms with Crippen LogP contribution in [0, 0.1) is 0 Å². The quantitative estimate of drug-likeness (QED) is 0.880. The zero-order valence-corrected chi connectivity index (χ0v) is 10.8. The van der Waals surface area contributed by atoms with E-state index in [1.54, 1.807) is 18.6 Å². The predicted molar refractivity (Wildman–Crippen MR) is 66.3 cm³/mol. The number of H-pyrrole nitrogens is 1. The summed E-state index contributed by atoms with van der Waals surface area (Å²) in [4.78, 5) is 8.32. The highest BCUT2D eigenvalue weighted by Gasteiger charge is 2.16. The van der Waals surface area contributed by atoms with E-state index in [4.69, 9.17) is 0 Å². The molecule has 0 radical (unpaired) electrons. The van der Waals surface area contributed by atoms with Crippen LogP contribution in [0.1, 0.15) is 31.0 Å². The Morgan fingerprint density at radius 3 is 2.75 bits per heavy atom. The van der Waals surface area contributed by atoms with Crippen LogP contribution in [0.25, 0.3) is 11.4 Å². The lowest BCUT2D eigenvalue weighted by Crippen LogP contribution is -1.93. The van der Waals surface area contributed by atoms with E-state index < -0.39 is 0 Å². The maximum atomic E-state index is 4.32. The summed E-state index contributed by atoms with van der Waals surface area (Å²) >= 11 is 3.50. The van der Waals surface area contributed by atoms with Gasteiger partial charge in [0.2, 0.25) is 0 Å². The topological polar surface area (TPSA) is 54.5 Å². The van der Waals surface area contributed by atoms with Crippen molar-refractivity contribution in [3.63, 3.8) is 0 Å². The highest BCUT2D eigenvalue weighted by molar-refractivity contribution is 9.08. The van der Waals surface area contributed by atoms with E-state index in [2.05, 4.69) is 49.9 Å². The first-order chi connectivity index (χ1) is 7.74. The molecule has 2 aromatic rings. The SMILES string of the molecule is CC(C)c1[nH]nc(-c2cnccn2)c1CBr. The first-order valence-electron chi connectivity index (χ1n) is 5.13. The van der Waals surface area contributed by atoms with Crippen molar-refractivity contribution in [3.8, 4) is 11.4 Å². The van der Waals surface area contributed by atoms with Crippen molar-refractivity contribution in [1.82, 2.24) is 20.2 Å². The molecule has 0 aromatic carbocycles. The monoisotopic (exact) mass is 280 g/mol. The fraction of sp³-hybridized carbons (Fsp3) is 0.364. The number of aromatic amines is 1. The first-order valence-corrected chi connectivity index (χ1v) is 6.25. The minimum absolute atomic E-state index is 0.422. The normalized spacial score (nSPS) is 11.0. The van der Waals surface area contributed by atoms with Gasteiger partial charge < -0.3 is 0 Å². The summed E-state index contributed by atoms with van der Waals surface area (Å²) in [5, 5.41) is 8.16. The van der Waals surface area contributed by atoms with E-state index in [1.807, 2.05) is 0 Å². The Bertz CT molecular complexity index is 464. The van der Waals surface area contributed by atoms with Crippen LogP contribution in [-0.2, 0) is 5.33 Å². The molecule has 0 atom stereocenters. The smallest absolute Gasteiger partial charge is 0.116 e. The molecule has 0 saturated carbocycles. The Labute approximate surface area is 103 Å².